The molecule has 3 atom stereocenters. The van der Waals surface area contributed by atoms with Crippen molar-refractivity contribution in [1.82, 2.24) is 20.9 Å². The third-order valence-corrected chi connectivity index (χ3v) is 11.0. The zero-order chi connectivity index (χ0) is 38.8. The highest BCUT2D eigenvalue weighted by Gasteiger charge is 2.30. The second kappa shape index (κ2) is 18.3. The number of piperidine rings is 1. The van der Waals surface area contributed by atoms with Crippen LogP contribution in [0.15, 0.2) is 103 Å². The number of hydrogen-bond acceptors (Lipinski definition) is 7. The summed E-state index contributed by atoms with van der Waals surface area (Å²) in [6.07, 6.45) is 1.28. The predicted octanol–water partition coefficient (Wildman–Crippen LogP) is 4.44. The molecule has 4 N–H and O–H groups in total. The van der Waals surface area contributed by atoms with E-state index in [1.165, 1.54) is 55.1 Å². The largest absolute Gasteiger partial charge is 0.381 e. The Morgan fingerprint density at radius 1 is 0.852 bits per heavy atom. The van der Waals surface area contributed by atoms with Crippen molar-refractivity contribution in [3.05, 3.63) is 137 Å². The molecule has 13 heteroatoms. The normalized spacial score (nSPS) is 15.4. The number of likely N-dealkylation sites (tertiary alicyclic amines) is 1. The molecule has 1 aliphatic rings. The molecule has 11 nitrogen and oxygen atoms in total. The van der Waals surface area contributed by atoms with Gasteiger partial charge in [-0.1, -0.05) is 72.8 Å². The summed E-state index contributed by atoms with van der Waals surface area (Å²) in [5.74, 6) is -2.13. The number of hydrogen-bond donors (Lipinski definition) is 4. The van der Waals surface area contributed by atoms with E-state index in [1.807, 2.05) is 48.5 Å². The maximum Gasteiger partial charge on any atom is 0.251 e. The topological polar surface area (TPSA) is 148 Å². The molecule has 0 aromatic heterocycles. The van der Waals surface area contributed by atoms with E-state index in [0.717, 1.165) is 48.6 Å². The molecule has 0 bridgehead atoms. The fourth-order valence-corrected chi connectivity index (χ4v) is 6.93. The van der Waals surface area contributed by atoms with Crippen molar-refractivity contribution in [1.29, 1.82) is 0 Å². The molecule has 286 valence electrons. The number of nitrogens with one attached hydrogen (secondary N) is 3. The third-order valence-electron chi connectivity index (χ3n) is 9.81. The zero-order valence-corrected chi connectivity index (χ0v) is 31.6. The van der Waals surface area contributed by atoms with E-state index >= 15 is 0 Å². The third kappa shape index (κ3) is 11.2. The summed E-state index contributed by atoms with van der Waals surface area (Å²) in [5.41, 5.74) is 2.64. The summed E-state index contributed by atoms with van der Waals surface area (Å²) in [7, 11) is -2.49. The minimum absolute atomic E-state index is 0.00479. The Labute approximate surface area is 316 Å². The standard InChI is InChI=1S/C41H48FN5O6S/c1-28(32-14-16-35(42)17-15-32)44-39(49)33-23-34(25-36(24-33)46(2)54(3,52)53)40(50)45-37(22-29-10-6-4-7-11-29)38(48)41(51)43-26-30-18-20-47(21-19-30)27-31-12-8-5-9-13-31/h4-17,23-25,28,30,37-38,48H,18-22,26-27H2,1-3H3,(H,43,51)(H,44,49)(H,45,50)/t28-,37+,38?/m1/s1. The SMILES string of the molecule is C[C@@H](NC(=O)c1cc(C(=O)N[C@@H](Cc2ccccc2)C(O)C(=O)NCC2CCN(Cc3ccccc3)CC2)cc(N(C)S(C)(=O)=O)c1)c1ccc(F)cc1. The van der Waals surface area contributed by atoms with Gasteiger partial charge in [0, 0.05) is 31.3 Å². The van der Waals surface area contributed by atoms with Crippen LogP contribution in [0, 0.1) is 11.7 Å². The van der Waals surface area contributed by atoms with Gasteiger partial charge < -0.3 is 21.1 Å². The lowest BCUT2D eigenvalue weighted by Gasteiger charge is -2.32. The Morgan fingerprint density at radius 3 is 1.98 bits per heavy atom. The number of halogens is 1. The summed E-state index contributed by atoms with van der Waals surface area (Å²) < 4.78 is 39.5. The number of aliphatic hydroxyl groups excluding tert-OH is 1. The molecule has 5 rings (SSSR count). The molecule has 54 heavy (non-hydrogen) atoms. The Balaban J connectivity index is 1.30. The first kappa shape index (κ1) is 40.1. The van der Waals surface area contributed by atoms with Crippen LogP contribution in [0.2, 0.25) is 0 Å². The van der Waals surface area contributed by atoms with Crippen molar-refractivity contribution in [3.8, 4) is 0 Å². The fraction of sp³-hybridized carbons (Fsp3) is 0.341. The monoisotopic (exact) mass is 757 g/mol. The summed E-state index contributed by atoms with van der Waals surface area (Å²) in [5, 5.41) is 19.9. The molecule has 1 fully saturated rings. The van der Waals surface area contributed by atoms with Gasteiger partial charge >= 0.3 is 0 Å². The van der Waals surface area contributed by atoms with Gasteiger partial charge in [0.05, 0.1) is 24.0 Å². The van der Waals surface area contributed by atoms with Crippen LogP contribution >= 0.6 is 0 Å². The van der Waals surface area contributed by atoms with E-state index in [9.17, 15) is 32.3 Å². The lowest BCUT2D eigenvalue weighted by molar-refractivity contribution is -0.130. The van der Waals surface area contributed by atoms with Gasteiger partial charge in [-0.25, -0.2) is 12.8 Å². The van der Waals surface area contributed by atoms with Gasteiger partial charge in [0.15, 0.2) is 6.10 Å². The van der Waals surface area contributed by atoms with Gasteiger partial charge in [-0.2, -0.15) is 0 Å². The van der Waals surface area contributed by atoms with Gasteiger partial charge in [-0.3, -0.25) is 23.6 Å². The van der Waals surface area contributed by atoms with Crippen LogP contribution in [0.1, 0.15) is 63.2 Å². The molecular formula is C41H48FN5O6S. The first-order chi connectivity index (χ1) is 25.8. The van der Waals surface area contributed by atoms with E-state index in [4.69, 9.17) is 0 Å². The highest BCUT2D eigenvalue weighted by molar-refractivity contribution is 7.92. The average Bonchev–Trinajstić information content (AvgIpc) is 3.17. The quantitative estimate of drug-likeness (QED) is 0.140. The number of anilines is 1. The second-order valence-corrected chi connectivity index (χ2v) is 15.9. The molecule has 0 aliphatic carbocycles. The zero-order valence-electron chi connectivity index (χ0n) is 30.7. The molecule has 0 spiro atoms. The van der Waals surface area contributed by atoms with Crippen LogP contribution in [0.25, 0.3) is 0 Å². The molecule has 1 aliphatic heterocycles. The molecule has 0 radical (unpaired) electrons. The van der Waals surface area contributed by atoms with Crippen LogP contribution in [0.5, 0.6) is 0 Å². The highest BCUT2D eigenvalue weighted by Crippen LogP contribution is 2.23. The lowest BCUT2D eigenvalue weighted by Crippen LogP contribution is -2.52. The molecule has 0 saturated carbocycles. The highest BCUT2D eigenvalue weighted by atomic mass is 32.2. The Hall–Kier alpha value is -5.11. The van der Waals surface area contributed by atoms with Crippen molar-refractivity contribution in [2.75, 3.05) is 37.2 Å². The summed E-state index contributed by atoms with van der Waals surface area (Å²) in [6.45, 7) is 4.75. The number of carbonyl (C=O) groups is 3. The molecule has 1 unspecified atom stereocenters. The fourth-order valence-electron chi connectivity index (χ4n) is 6.45. The number of rotatable bonds is 15. The Bertz CT molecular complexity index is 1990. The van der Waals surface area contributed by atoms with Crippen molar-refractivity contribution >= 4 is 33.4 Å². The number of carbonyl (C=O) groups excluding carboxylic acids is 3. The molecule has 4 aromatic rings. The van der Waals surface area contributed by atoms with Crippen LogP contribution in [0.3, 0.4) is 0 Å². The van der Waals surface area contributed by atoms with Crippen LogP contribution in [0.4, 0.5) is 10.1 Å². The molecule has 4 aromatic carbocycles. The number of amides is 3. The number of nitrogens with zero attached hydrogens (tertiary/aromatic N) is 2. The van der Waals surface area contributed by atoms with E-state index in [1.54, 1.807) is 6.92 Å². The first-order valence-corrected chi connectivity index (χ1v) is 19.8. The van der Waals surface area contributed by atoms with Gasteiger partial charge in [0.25, 0.3) is 17.7 Å². The number of sulfonamides is 1. The Morgan fingerprint density at radius 2 is 1.41 bits per heavy atom. The van der Waals surface area contributed by atoms with Gasteiger partial charge in [-0.15, -0.1) is 0 Å². The van der Waals surface area contributed by atoms with E-state index in [2.05, 4.69) is 33.0 Å². The molecular weight excluding hydrogens is 710 g/mol. The van der Waals surface area contributed by atoms with Crippen LogP contribution in [-0.4, -0.2) is 81.2 Å². The number of aliphatic hydroxyl groups is 1. The second-order valence-electron chi connectivity index (χ2n) is 13.9. The average molecular weight is 758 g/mol. The predicted molar refractivity (Wildman–Crippen MR) is 207 cm³/mol. The van der Waals surface area contributed by atoms with Gasteiger partial charge in [-0.05, 0) is 92.2 Å². The van der Waals surface area contributed by atoms with Crippen molar-refractivity contribution in [3.63, 3.8) is 0 Å². The van der Waals surface area contributed by atoms with Crippen molar-refractivity contribution in [2.45, 2.75) is 50.9 Å². The minimum Gasteiger partial charge on any atom is -0.381 e. The minimum atomic E-state index is -3.79. The Kier molecular flexibility index (Phi) is 13.6. The number of benzene rings is 4. The van der Waals surface area contributed by atoms with Gasteiger partial charge in [0.1, 0.15) is 5.82 Å². The van der Waals surface area contributed by atoms with Gasteiger partial charge in [0.2, 0.25) is 10.0 Å². The summed E-state index contributed by atoms with van der Waals surface area (Å²) in [6, 6.07) is 27.4. The maximum absolute atomic E-state index is 13.9. The van der Waals surface area contributed by atoms with E-state index in [-0.39, 0.29) is 29.2 Å². The van der Waals surface area contributed by atoms with Crippen molar-refractivity contribution < 1.29 is 32.3 Å². The van der Waals surface area contributed by atoms with E-state index in [0.29, 0.717) is 12.1 Å². The van der Waals surface area contributed by atoms with Crippen LogP contribution < -0.4 is 20.3 Å². The molecule has 1 saturated heterocycles. The smallest absolute Gasteiger partial charge is 0.251 e. The first-order valence-electron chi connectivity index (χ1n) is 18.0. The maximum atomic E-state index is 13.9. The van der Waals surface area contributed by atoms with E-state index < -0.39 is 51.7 Å². The summed E-state index contributed by atoms with van der Waals surface area (Å²) >= 11 is 0. The summed E-state index contributed by atoms with van der Waals surface area (Å²) in [4.78, 5) is 43.2. The molecule has 3 amide bonds. The van der Waals surface area contributed by atoms with Crippen LogP contribution in [-0.2, 0) is 27.8 Å². The lowest BCUT2D eigenvalue weighted by atomic mass is 9.95. The van der Waals surface area contributed by atoms with Crippen molar-refractivity contribution in [2.24, 2.45) is 5.92 Å². The molecule has 1 heterocycles.